The summed E-state index contributed by atoms with van der Waals surface area (Å²) in [7, 11) is 0. The van der Waals surface area contributed by atoms with Crippen LogP contribution in [-0.2, 0) is 6.42 Å². The molecule has 0 radical (unpaired) electrons. The van der Waals surface area contributed by atoms with Gasteiger partial charge in [-0.1, -0.05) is 30.3 Å². The van der Waals surface area contributed by atoms with Crippen LogP contribution in [0.25, 0.3) is 0 Å². The minimum absolute atomic E-state index is 0.173. The van der Waals surface area contributed by atoms with Gasteiger partial charge in [-0.3, -0.25) is 14.6 Å². The molecule has 0 saturated heterocycles. The fourth-order valence-corrected chi connectivity index (χ4v) is 2.66. The van der Waals surface area contributed by atoms with E-state index in [1.807, 2.05) is 30.3 Å². The molecule has 2 aromatic carbocycles. The number of hydrogen-bond donors (Lipinski definition) is 2. The number of anilines is 1. The minimum Gasteiger partial charge on any atom is -0.351 e. The molecule has 0 atom stereocenters. The van der Waals surface area contributed by atoms with Crippen LogP contribution >= 0.6 is 0 Å². The third-order valence-electron chi connectivity index (χ3n) is 4.13. The molecule has 142 valence electrons. The maximum absolute atomic E-state index is 12.9. The lowest BCUT2D eigenvalue weighted by Gasteiger charge is -2.08. The predicted octanol–water partition coefficient (Wildman–Crippen LogP) is 3.84. The number of nitrogens with one attached hydrogen (secondary N) is 2. The Morgan fingerprint density at radius 2 is 1.68 bits per heavy atom. The number of carbonyl (C=O) groups excluding carboxylic acids is 2. The highest BCUT2D eigenvalue weighted by Gasteiger charge is 2.12. The molecule has 0 bridgehead atoms. The lowest BCUT2D eigenvalue weighted by atomic mass is 10.1. The highest BCUT2D eigenvalue weighted by Crippen LogP contribution is 2.11. The second kappa shape index (κ2) is 9.41. The molecular weight excluding hydrogens is 357 g/mol. The van der Waals surface area contributed by atoms with E-state index in [-0.39, 0.29) is 17.4 Å². The minimum atomic E-state index is -0.396. The molecule has 0 aliphatic rings. The topological polar surface area (TPSA) is 71.1 Å². The third-order valence-corrected chi connectivity index (χ3v) is 4.13. The predicted molar refractivity (Wildman–Crippen MR) is 106 cm³/mol. The average molecular weight is 377 g/mol. The first kappa shape index (κ1) is 19.2. The van der Waals surface area contributed by atoms with Crippen molar-refractivity contribution in [2.75, 3.05) is 11.9 Å². The lowest BCUT2D eigenvalue weighted by Crippen LogP contribution is -2.26. The lowest BCUT2D eigenvalue weighted by molar-refractivity contribution is 0.0948. The molecule has 28 heavy (non-hydrogen) atoms. The fraction of sp³-hybridized carbons (Fsp3) is 0.136. The van der Waals surface area contributed by atoms with Gasteiger partial charge in [-0.2, -0.15) is 0 Å². The van der Waals surface area contributed by atoms with Crippen LogP contribution in [-0.4, -0.2) is 23.3 Å². The monoisotopic (exact) mass is 377 g/mol. The molecule has 0 spiro atoms. The standard InChI is InChI=1S/C22H20FN3O2/c23-18-8-10-19(11-9-18)26-21(27)17-12-14-24-20(15-17)22(28)25-13-4-7-16-5-2-1-3-6-16/h1-3,5-6,8-12,14-15H,4,7,13H2,(H,25,28)(H,26,27). The molecule has 3 aromatic rings. The Labute approximate surface area is 162 Å². The number of nitrogens with zero attached hydrogens (tertiary/aromatic N) is 1. The van der Waals surface area contributed by atoms with E-state index in [1.54, 1.807) is 0 Å². The van der Waals surface area contributed by atoms with Crippen LogP contribution in [0.3, 0.4) is 0 Å². The highest BCUT2D eigenvalue weighted by molar-refractivity contribution is 6.05. The van der Waals surface area contributed by atoms with E-state index in [9.17, 15) is 14.0 Å². The Balaban J connectivity index is 1.53. The zero-order chi connectivity index (χ0) is 19.8. The first-order chi connectivity index (χ1) is 13.6. The number of aryl methyl sites for hydroxylation is 1. The molecule has 0 unspecified atom stereocenters. The Kier molecular flexibility index (Phi) is 6.46. The maximum atomic E-state index is 12.9. The van der Waals surface area contributed by atoms with Gasteiger partial charge in [0.25, 0.3) is 11.8 Å². The first-order valence-corrected chi connectivity index (χ1v) is 8.97. The van der Waals surface area contributed by atoms with Crippen molar-refractivity contribution in [2.24, 2.45) is 0 Å². The Morgan fingerprint density at radius 3 is 2.43 bits per heavy atom. The number of amides is 2. The SMILES string of the molecule is O=C(Nc1ccc(F)cc1)c1ccnc(C(=O)NCCCc2ccccc2)c1. The summed E-state index contributed by atoms with van der Waals surface area (Å²) >= 11 is 0. The van der Waals surface area contributed by atoms with E-state index in [4.69, 9.17) is 0 Å². The summed E-state index contributed by atoms with van der Waals surface area (Å²) in [6.07, 6.45) is 3.09. The highest BCUT2D eigenvalue weighted by atomic mass is 19.1. The van der Waals surface area contributed by atoms with Gasteiger partial charge in [0, 0.05) is 24.0 Å². The van der Waals surface area contributed by atoms with Crippen molar-refractivity contribution in [3.05, 3.63) is 95.6 Å². The Bertz CT molecular complexity index is 944. The van der Waals surface area contributed by atoms with E-state index in [2.05, 4.69) is 15.6 Å². The largest absolute Gasteiger partial charge is 0.351 e. The number of halogens is 1. The summed E-state index contributed by atoms with van der Waals surface area (Å²) in [6.45, 7) is 0.515. The van der Waals surface area contributed by atoms with E-state index >= 15 is 0 Å². The molecule has 5 nitrogen and oxygen atoms in total. The van der Waals surface area contributed by atoms with Gasteiger partial charge < -0.3 is 10.6 Å². The summed E-state index contributed by atoms with van der Waals surface area (Å²) in [5, 5.41) is 5.47. The van der Waals surface area contributed by atoms with Crippen LogP contribution in [0.2, 0.25) is 0 Å². The van der Waals surface area contributed by atoms with E-state index in [0.29, 0.717) is 17.8 Å². The molecule has 2 N–H and O–H groups in total. The third kappa shape index (κ3) is 5.48. The van der Waals surface area contributed by atoms with Crippen molar-refractivity contribution in [3.63, 3.8) is 0 Å². The van der Waals surface area contributed by atoms with Gasteiger partial charge in [0.2, 0.25) is 0 Å². The van der Waals surface area contributed by atoms with Crippen molar-refractivity contribution >= 4 is 17.5 Å². The zero-order valence-corrected chi connectivity index (χ0v) is 15.2. The van der Waals surface area contributed by atoms with Crippen LogP contribution in [0, 0.1) is 5.82 Å². The van der Waals surface area contributed by atoms with Gasteiger partial charge >= 0.3 is 0 Å². The number of benzene rings is 2. The van der Waals surface area contributed by atoms with Gasteiger partial charge in [-0.15, -0.1) is 0 Å². The number of rotatable bonds is 7. The summed E-state index contributed by atoms with van der Waals surface area (Å²) in [5.74, 6) is -1.11. The average Bonchev–Trinajstić information content (AvgIpc) is 2.73. The molecular formula is C22H20FN3O2. The molecule has 0 fully saturated rings. The molecule has 1 aromatic heterocycles. The Morgan fingerprint density at radius 1 is 0.929 bits per heavy atom. The van der Waals surface area contributed by atoms with Crippen LogP contribution < -0.4 is 10.6 Å². The number of aromatic nitrogens is 1. The van der Waals surface area contributed by atoms with Crippen LogP contribution in [0.5, 0.6) is 0 Å². The summed E-state index contributed by atoms with van der Waals surface area (Å²) in [5.41, 5.74) is 2.16. The van der Waals surface area contributed by atoms with Gasteiger partial charge in [0.1, 0.15) is 11.5 Å². The fourth-order valence-electron chi connectivity index (χ4n) is 2.66. The van der Waals surface area contributed by atoms with Crippen molar-refractivity contribution in [3.8, 4) is 0 Å². The van der Waals surface area contributed by atoms with E-state index < -0.39 is 5.91 Å². The van der Waals surface area contributed by atoms with Gasteiger partial charge in [0.05, 0.1) is 0 Å². The molecule has 3 rings (SSSR count). The summed E-state index contributed by atoms with van der Waals surface area (Å²) < 4.78 is 12.9. The van der Waals surface area contributed by atoms with Crippen molar-refractivity contribution in [1.29, 1.82) is 0 Å². The number of hydrogen-bond acceptors (Lipinski definition) is 3. The summed E-state index contributed by atoms with van der Waals surface area (Å²) in [4.78, 5) is 28.6. The molecule has 0 aliphatic heterocycles. The van der Waals surface area contributed by atoms with Crippen LogP contribution in [0.1, 0.15) is 32.8 Å². The maximum Gasteiger partial charge on any atom is 0.269 e. The molecule has 1 heterocycles. The second-order valence-corrected chi connectivity index (χ2v) is 6.24. The number of carbonyl (C=O) groups is 2. The van der Waals surface area contributed by atoms with Crippen LogP contribution in [0.4, 0.5) is 10.1 Å². The normalized spacial score (nSPS) is 10.3. The summed E-state index contributed by atoms with van der Waals surface area (Å²) in [6, 6.07) is 18.4. The van der Waals surface area contributed by atoms with E-state index in [1.165, 1.54) is 48.2 Å². The van der Waals surface area contributed by atoms with Crippen molar-refractivity contribution in [1.82, 2.24) is 10.3 Å². The van der Waals surface area contributed by atoms with Gasteiger partial charge in [0.15, 0.2) is 0 Å². The zero-order valence-electron chi connectivity index (χ0n) is 15.2. The number of pyridine rings is 1. The Hall–Kier alpha value is -3.54. The van der Waals surface area contributed by atoms with Crippen molar-refractivity contribution < 1.29 is 14.0 Å². The molecule has 6 heteroatoms. The van der Waals surface area contributed by atoms with Gasteiger partial charge in [-0.25, -0.2) is 4.39 Å². The molecule has 0 aliphatic carbocycles. The smallest absolute Gasteiger partial charge is 0.269 e. The molecule has 2 amide bonds. The molecule has 0 saturated carbocycles. The van der Waals surface area contributed by atoms with E-state index in [0.717, 1.165) is 12.8 Å². The van der Waals surface area contributed by atoms with Crippen LogP contribution in [0.15, 0.2) is 72.9 Å². The quantitative estimate of drug-likeness (QED) is 0.615. The first-order valence-electron chi connectivity index (χ1n) is 8.97. The van der Waals surface area contributed by atoms with Gasteiger partial charge in [-0.05, 0) is 54.8 Å². The van der Waals surface area contributed by atoms with Crippen molar-refractivity contribution in [2.45, 2.75) is 12.8 Å². The second-order valence-electron chi connectivity index (χ2n) is 6.24.